The number of rotatable bonds is 6. The van der Waals surface area contributed by atoms with Crippen molar-refractivity contribution in [1.29, 1.82) is 0 Å². The highest BCUT2D eigenvalue weighted by atomic mass is 32.1. The molecule has 1 saturated heterocycles. The van der Waals surface area contributed by atoms with Gasteiger partial charge in [0, 0.05) is 44.1 Å². The molecular formula is C23H35N5O2S. The van der Waals surface area contributed by atoms with Gasteiger partial charge in [-0.2, -0.15) is 0 Å². The van der Waals surface area contributed by atoms with Crippen molar-refractivity contribution in [2.24, 2.45) is 5.92 Å². The Morgan fingerprint density at radius 3 is 2.65 bits per heavy atom. The zero-order valence-electron chi connectivity index (χ0n) is 19.2. The van der Waals surface area contributed by atoms with Crippen LogP contribution in [0.4, 0.5) is 0 Å². The monoisotopic (exact) mass is 445 g/mol. The van der Waals surface area contributed by atoms with E-state index in [9.17, 15) is 9.59 Å². The van der Waals surface area contributed by atoms with Gasteiger partial charge in [0.1, 0.15) is 10.7 Å². The maximum absolute atomic E-state index is 12.9. The Morgan fingerprint density at radius 1 is 1.26 bits per heavy atom. The molecule has 7 nitrogen and oxygen atoms in total. The van der Waals surface area contributed by atoms with Crippen LogP contribution < -0.4 is 5.56 Å². The smallest absolute Gasteiger partial charge is 0.259 e. The second-order valence-corrected chi connectivity index (χ2v) is 10.1. The first-order valence-electron chi connectivity index (χ1n) is 11.7. The van der Waals surface area contributed by atoms with Gasteiger partial charge in [-0.05, 0) is 51.5 Å². The van der Waals surface area contributed by atoms with Crippen molar-refractivity contribution in [3.05, 3.63) is 26.6 Å². The summed E-state index contributed by atoms with van der Waals surface area (Å²) in [5.74, 6) is 1.65. The number of amides is 1. The Labute approximate surface area is 188 Å². The molecule has 0 saturated carbocycles. The summed E-state index contributed by atoms with van der Waals surface area (Å²) in [6.45, 7) is 13.9. The van der Waals surface area contributed by atoms with Gasteiger partial charge in [0.15, 0.2) is 0 Å². The van der Waals surface area contributed by atoms with Gasteiger partial charge in [-0.15, -0.1) is 11.3 Å². The summed E-state index contributed by atoms with van der Waals surface area (Å²) in [6.07, 6.45) is 3.21. The van der Waals surface area contributed by atoms with E-state index >= 15 is 0 Å². The normalized spacial score (nSPS) is 21.2. The number of nitrogens with zero attached hydrogens (tertiary/aromatic N) is 4. The van der Waals surface area contributed by atoms with Crippen molar-refractivity contribution in [1.82, 2.24) is 24.7 Å². The van der Waals surface area contributed by atoms with Gasteiger partial charge in [-0.1, -0.05) is 6.92 Å². The van der Waals surface area contributed by atoms with E-state index in [1.807, 2.05) is 18.7 Å². The molecule has 8 heteroatoms. The molecule has 2 aromatic rings. The second kappa shape index (κ2) is 9.38. The SMILES string of the molecule is CCN(CC)C(=O)CN1CCN(C(C)c2nc3sc4c(c3c(=O)[nH]2)CCC(C)C4)CC1. The molecule has 31 heavy (non-hydrogen) atoms. The predicted molar refractivity (Wildman–Crippen MR) is 126 cm³/mol. The Morgan fingerprint density at radius 2 is 1.97 bits per heavy atom. The number of aromatic amines is 1. The van der Waals surface area contributed by atoms with E-state index in [2.05, 4.69) is 28.6 Å². The quantitative estimate of drug-likeness (QED) is 0.740. The molecule has 0 radical (unpaired) electrons. The van der Waals surface area contributed by atoms with Crippen molar-refractivity contribution in [3.8, 4) is 0 Å². The number of nitrogens with one attached hydrogen (secondary N) is 1. The van der Waals surface area contributed by atoms with Crippen LogP contribution in [0, 0.1) is 5.92 Å². The fourth-order valence-electron chi connectivity index (χ4n) is 4.91. The molecule has 1 aliphatic carbocycles. The fourth-order valence-corrected chi connectivity index (χ4v) is 6.30. The molecule has 2 aromatic heterocycles. The number of aromatic nitrogens is 2. The molecule has 170 valence electrons. The van der Waals surface area contributed by atoms with Gasteiger partial charge in [-0.25, -0.2) is 4.98 Å². The molecule has 4 rings (SSSR count). The molecule has 1 aliphatic heterocycles. The average Bonchev–Trinajstić information content (AvgIpc) is 3.12. The van der Waals surface area contributed by atoms with Crippen LogP contribution in [0.5, 0.6) is 0 Å². The maximum atomic E-state index is 12.9. The van der Waals surface area contributed by atoms with E-state index in [4.69, 9.17) is 4.98 Å². The molecule has 1 fully saturated rings. The zero-order valence-corrected chi connectivity index (χ0v) is 20.1. The van der Waals surface area contributed by atoms with Crippen molar-refractivity contribution in [2.75, 3.05) is 45.8 Å². The Kier molecular flexibility index (Phi) is 6.79. The van der Waals surface area contributed by atoms with Crippen LogP contribution in [-0.4, -0.2) is 76.4 Å². The third-order valence-electron chi connectivity index (χ3n) is 7.01. The number of fused-ring (bicyclic) bond motifs is 3. The number of piperazine rings is 1. The van der Waals surface area contributed by atoms with Gasteiger partial charge < -0.3 is 9.88 Å². The second-order valence-electron chi connectivity index (χ2n) is 9.04. The first kappa shape index (κ1) is 22.4. The Balaban J connectivity index is 1.44. The number of aryl methyl sites for hydroxylation is 1. The minimum Gasteiger partial charge on any atom is -0.342 e. The minimum atomic E-state index is 0.0161. The molecule has 0 aromatic carbocycles. The molecule has 1 N–H and O–H groups in total. The molecule has 2 unspecified atom stereocenters. The van der Waals surface area contributed by atoms with Crippen LogP contribution >= 0.6 is 11.3 Å². The highest BCUT2D eigenvalue weighted by molar-refractivity contribution is 7.18. The largest absolute Gasteiger partial charge is 0.342 e. The number of carbonyl (C=O) groups excluding carboxylic acids is 1. The van der Waals surface area contributed by atoms with Gasteiger partial charge in [0.05, 0.1) is 18.0 Å². The topological polar surface area (TPSA) is 72.5 Å². The lowest BCUT2D eigenvalue weighted by atomic mass is 9.89. The summed E-state index contributed by atoms with van der Waals surface area (Å²) >= 11 is 1.71. The Hall–Kier alpha value is -1.77. The number of thiophene rings is 1. The number of H-pyrrole nitrogens is 1. The van der Waals surface area contributed by atoms with Gasteiger partial charge in [-0.3, -0.25) is 19.4 Å². The summed E-state index contributed by atoms with van der Waals surface area (Å²) in [6, 6.07) is 0.0517. The third-order valence-corrected chi connectivity index (χ3v) is 8.16. The summed E-state index contributed by atoms with van der Waals surface area (Å²) in [4.78, 5) is 42.1. The van der Waals surface area contributed by atoms with Gasteiger partial charge >= 0.3 is 0 Å². The third kappa shape index (κ3) is 4.56. The molecule has 2 atom stereocenters. The highest BCUT2D eigenvalue weighted by Gasteiger charge is 2.27. The molecule has 0 bridgehead atoms. The summed E-state index contributed by atoms with van der Waals surface area (Å²) in [7, 11) is 0. The van der Waals surface area contributed by atoms with E-state index in [1.54, 1.807) is 11.3 Å². The molecule has 2 aliphatic rings. The summed E-state index contributed by atoms with van der Waals surface area (Å²) < 4.78 is 0. The van der Waals surface area contributed by atoms with Crippen LogP contribution in [0.2, 0.25) is 0 Å². The Bertz CT molecular complexity index is 988. The van der Waals surface area contributed by atoms with Crippen molar-refractivity contribution in [2.45, 2.75) is 53.0 Å². The lowest BCUT2D eigenvalue weighted by Gasteiger charge is -2.37. The highest BCUT2D eigenvalue weighted by Crippen LogP contribution is 2.36. The number of hydrogen-bond donors (Lipinski definition) is 1. The lowest BCUT2D eigenvalue weighted by Crippen LogP contribution is -2.50. The summed E-state index contributed by atoms with van der Waals surface area (Å²) in [5, 5.41) is 0.822. The number of likely N-dealkylation sites (N-methyl/N-ethyl adjacent to an activating group) is 1. The van der Waals surface area contributed by atoms with Gasteiger partial charge in [0.25, 0.3) is 5.56 Å². The van der Waals surface area contributed by atoms with E-state index in [0.717, 1.165) is 74.6 Å². The van der Waals surface area contributed by atoms with E-state index in [0.29, 0.717) is 12.5 Å². The molecule has 1 amide bonds. The first-order chi connectivity index (χ1) is 14.9. The summed E-state index contributed by atoms with van der Waals surface area (Å²) in [5.41, 5.74) is 1.25. The maximum Gasteiger partial charge on any atom is 0.259 e. The van der Waals surface area contributed by atoms with Crippen LogP contribution in [0.25, 0.3) is 10.2 Å². The zero-order chi connectivity index (χ0) is 22.1. The van der Waals surface area contributed by atoms with E-state index in [-0.39, 0.29) is 17.5 Å². The van der Waals surface area contributed by atoms with Crippen LogP contribution in [-0.2, 0) is 17.6 Å². The van der Waals surface area contributed by atoms with Crippen LogP contribution in [0.1, 0.15) is 56.4 Å². The standard InChI is InChI=1S/C23H35N5O2S/c1-5-27(6-2)19(29)14-26-9-11-28(12-10-26)16(4)21-24-22(30)20-17-8-7-15(3)13-18(17)31-23(20)25-21/h15-16H,5-14H2,1-4H3,(H,24,25,30). The van der Waals surface area contributed by atoms with Gasteiger partial charge in [0.2, 0.25) is 5.91 Å². The van der Waals surface area contributed by atoms with Crippen molar-refractivity contribution < 1.29 is 4.79 Å². The first-order valence-corrected chi connectivity index (χ1v) is 12.5. The predicted octanol–water partition coefficient (Wildman–Crippen LogP) is 2.66. The van der Waals surface area contributed by atoms with E-state index < -0.39 is 0 Å². The average molecular weight is 446 g/mol. The lowest BCUT2D eigenvalue weighted by molar-refractivity contribution is -0.132. The number of hydrogen-bond acceptors (Lipinski definition) is 6. The molecule has 3 heterocycles. The molecular weight excluding hydrogens is 410 g/mol. The minimum absolute atomic E-state index is 0.0161. The fraction of sp³-hybridized carbons (Fsp3) is 0.696. The molecule has 0 spiro atoms. The van der Waals surface area contributed by atoms with E-state index in [1.165, 1.54) is 10.4 Å². The van der Waals surface area contributed by atoms with Crippen LogP contribution in [0.3, 0.4) is 0 Å². The number of carbonyl (C=O) groups is 1. The van der Waals surface area contributed by atoms with Crippen LogP contribution in [0.15, 0.2) is 4.79 Å². The van der Waals surface area contributed by atoms with Crippen molar-refractivity contribution >= 4 is 27.5 Å². The van der Waals surface area contributed by atoms with Crippen molar-refractivity contribution in [3.63, 3.8) is 0 Å².